The number of methoxy groups -OCH3 is 1. The molecule has 0 atom stereocenters. The topological polar surface area (TPSA) is 47.0 Å². The molecule has 1 aromatic carbocycles. The Morgan fingerprint density at radius 2 is 2.12 bits per heavy atom. The molecule has 17 heavy (non-hydrogen) atoms. The molecule has 5 heteroatoms. The molecule has 0 unspecified atom stereocenters. The van der Waals surface area contributed by atoms with Crippen LogP contribution < -0.4 is 10.1 Å². The zero-order chi connectivity index (χ0) is 12.3. The van der Waals surface area contributed by atoms with Gasteiger partial charge in [-0.05, 0) is 12.1 Å². The van der Waals surface area contributed by atoms with Crippen molar-refractivity contribution in [2.24, 2.45) is 0 Å². The van der Waals surface area contributed by atoms with Crippen molar-refractivity contribution in [1.29, 1.82) is 0 Å². The van der Waals surface area contributed by atoms with Gasteiger partial charge < -0.3 is 10.1 Å². The Morgan fingerprint density at radius 1 is 1.29 bits per heavy atom. The third-order valence-corrected chi connectivity index (χ3v) is 2.34. The highest BCUT2D eigenvalue weighted by molar-refractivity contribution is 5.61. The van der Waals surface area contributed by atoms with Crippen LogP contribution in [0.5, 0.6) is 5.75 Å². The molecule has 2 rings (SSSR count). The van der Waals surface area contributed by atoms with Crippen LogP contribution in [-0.2, 0) is 0 Å². The summed E-state index contributed by atoms with van der Waals surface area (Å²) in [5.74, 6) is 0.689. The Bertz CT molecular complexity index is 531. The average Bonchev–Trinajstić information content (AvgIpc) is 2.38. The molecule has 88 valence electrons. The van der Waals surface area contributed by atoms with E-state index in [0.717, 1.165) is 0 Å². The molecule has 0 spiro atoms. The molecule has 1 N–H and O–H groups in total. The van der Waals surface area contributed by atoms with Gasteiger partial charge in [0.1, 0.15) is 17.4 Å². The summed E-state index contributed by atoms with van der Waals surface area (Å²) in [6.07, 6.45) is 3.09. The zero-order valence-electron chi connectivity index (χ0n) is 9.57. The van der Waals surface area contributed by atoms with Crippen molar-refractivity contribution in [1.82, 2.24) is 9.97 Å². The molecule has 0 bridgehead atoms. The van der Waals surface area contributed by atoms with Crippen molar-refractivity contribution in [3.63, 3.8) is 0 Å². The Morgan fingerprint density at radius 3 is 2.76 bits per heavy atom. The third-order valence-electron chi connectivity index (χ3n) is 2.34. The number of nitrogens with zero attached hydrogens (tertiary/aromatic N) is 2. The van der Waals surface area contributed by atoms with E-state index in [1.165, 1.54) is 19.4 Å². The molecule has 1 aromatic heterocycles. The number of halogens is 1. The normalized spacial score (nSPS) is 10.1. The molecular formula is C12H12FN3O. The van der Waals surface area contributed by atoms with Crippen molar-refractivity contribution < 1.29 is 9.13 Å². The van der Waals surface area contributed by atoms with Gasteiger partial charge in [-0.2, -0.15) is 0 Å². The Labute approximate surface area is 98.5 Å². The highest BCUT2D eigenvalue weighted by atomic mass is 19.1. The van der Waals surface area contributed by atoms with E-state index in [-0.39, 0.29) is 5.82 Å². The first kappa shape index (κ1) is 11.3. The first-order valence-corrected chi connectivity index (χ1v) is 5.08. The highest BCUT2D eigenvalue weighted by Crippen LogP contribution is 2.24. The van der Waals surface area contributed by atoms with Gasteiger partial charge in [-0.25, -0.2) is 9.37 Å². The summed E-state index contributed by atoms with van der Waals surface area (Å²) in [7, 11) is 3.23. The van der Waals surface area contributed by atoms with Gasteiger partial charge in [0.2, 0.25) is 0 Å². The number of aromatic nitrogens is 2. The van der Waals surface area contributed by atoms with Crippen LogP contribution in [0.3, 0.4) is 0 Å². The second-order valence-electron chi connectivity index (χ2n) is 3.39. The van der Waals surface area contributed by atoms with E-state index in [9.17, 15) is 4.39 Å². The van der Waals surface area contributed by atoms with Crippen molar-refractivity contribution in [3.05, 3.63) is 36.4 Å². The number of nitrogens with one attached hydrogen (secondary N) is 1. The van der Waals surface area contributed by atoms with E-state index in [2.05, 4.69) is 15.3 Å². The fraction of sp³-hybridized carbons (Fsp3) is 0.167. The Kier molecular flexibility index (Phi) is 3.18. The van der Waals surface area contributed by atoms with E-state index in [0.29, 0.717) is 22.8 Å². The molecule has 0 aliphatic heterocycles. The van der Waals surface area contributed by atoms with Gasteiger partial charge in [-0.15, -0.1) is 0 Å². The van der Waals surface area contributed by atoms with Crippen LogP contribution in [-0.4, -0.2) is 24.1 Å². The molecule has 1 heterocycles. The van der Waals surface area contributed by atoms with Gasteiger partial charge in [-0.3, -0.25) is 4.98 Å². The largest absolute Gasteiger partial charge is 0.497 e. The van der Waals surface area contributed by atoms with E-state index in [1.54, 1.807) is 25.4 Å². The van der Waals surface area contributed by atoms with Crippen LogP contribution in [0.2, 0.25) is 0 Å². The van der Waals surface area contributed by atoms with E-state index in [4.69, 9.17) is 4.74 Å². The minimum Gasteiger partial charge on any atom is -0.497 e. The quantitative estimate of drug-likeness (QED) is 0.883. The third kappa shape index (κ3) is 2.33. The van der Waals surface area contributed by atoms with E-state index in [1.807, 2.05) is 0 Å². The fourth-order valence-electron chi connectivity index (χ4n) is 1.45. The molecule has 0 saturated heterocycles. The van der Waals surface area contributed by atoms with E-state index >= 15 is 0 Å². The number of ether oxygens (including phenoxy) is 1. The standard InChI is InChI=1S/C12H12FN3O/c1-14-12-7-15-6-11(16-12)9-4-3-8(17-2)5-10(9)13/h3-7H,1-2H3,(H,14,16). The monoisotopic (exact) mass is 233 g/mol. The lowest BCUT2D eigenvalue weighted by atomic mass is 10.1. The van der Waals surface area contributed by atoms with Crippen molar-refractivity contribution in [2.75, 3.05) is 19.5 Å². The van der Waals surface area contributed by atoms with Gasteiger partial charge in [0, 0.05) is 18.7 Å². The van der Waals surface area contributed by atoms with Crippen molar-refractivity contribution in [3.8, 4) is 17.0 Å². The molecule has 0 aliphatic carbocycles. The smallest absolute Gasteiger partial charge is 0.144 e. The second kappa shape index (κ2) is 4.78. The molecule has 0 saturated carbocycles. The van der Waals surface area contributed by atoms with Gasteiger partial charge in [0.25, 0.3) is 0 Å². The summed E-state index contributed by atoms with van der Waals surface area (Å²) in [5, 5.41) is 2.86. The SMILES string of the molecule is CNc1cncc(-c2ccc(OC)cc2F)n1. The predicted molar refractivity (Wildman–Crippen MR) is 63.5 cm³/mol. The van der Waals surface area contributed by atoms with Crippen LogP contribution in [0.15, 0.2) is 30.6 Å². The molecule has 0 amide bonds. The summed E-state index contributed by atoms with van der Waals surface area (Å²) in [5.41, 5.74) is 0.882. The number of hydrogen-bond donors (Lipinski definition) is 1. The number of rotatable bonds is 3. The van der Waals surface area contributed by atoms with Crippen molar-refractivity contribution in [2.45, 2.75) is 0 Å². The summed E-state index contributed by atoms with van der Waals surface area (Å²) in [6.45, 7) is 0. The minimum atomic E-state index is -0.382. The minimum absolute atomic E-state index is 0.382. The zero-order valence-corrected chi connectivity index (χ0v) is 9.57. The lowest BCUT2D eigenvalue weighted by Crippen LogP contribution is -1.96. The van der Waals surface area contributed by atoms with Crippen molar-refractivity contribution >= 4 is 5.82 Å². The van der Waals surface area contributed by atoms with Gasteiger partial charge in [-0.1, -0.05) is 0 Å². The first-order valence-electron chi connectivity index (χ1n) is 5.08. The molecule has 2 aromatic rings. The first-order chi connectivity index (χ1) is 8.24. The molecule has 0 fully saturated rings. The summed E-state index contributed by atoms with van der Waals surface area (Å²) >= 11 is 0. The van der Waals surface area contributed by atoms with Gasteiger partial charge in [0.15, 0.2) is 0 Å². The lowest BCUT2D eigenvalue weighted by Gasteiger charge is -2.06. The lowest BCUT2D eigenvalue weighted by molar-refractivity contribution is 0.411. The number of hydrogen-bond acceptors (Lipinski definition) is 4. The maximum atomic E-state index is 13.8. The number of benzene rings is 1. The fourth-order valence-corrected chi connectivity index (χ4v) is 1.45. The van der Waals surface area contributed by atoms with Crippen LogP contribution >= 0.6 is 0 Å². The highest BCUT2D eigenvalue weighted by Gasteiger charge is 2.08. The second-order valence-corrected chi connectivity index (χ2v) is 3.39. The summed E-state index contributed by atoms with van der Waals surface area (Å²) in [4.78, 5) is 8.22. The molecule has 4 nitrogen and oxygen atoms in total. The molecule has 0 aliphatic rings. The Balaban J connectivity index is 2.45. The van der Waals surface area contributed by atoms with Crippen LogP contribution in [0.25, 0.3) is 11.3 Å². The summed E-state index contributed by atoms with van der Waals surface area (Å²) < 4.78 is 18.7. The van der Waals surface area contributed by atoms with Crippen LogP contribution in [0.1, 0.15) is 0 Å². The van der Waals surface area contributed by atoms with Gasteiger partial charge in [0.05, 0.1) is 25.2 Å². The molecule has 0 radical (unpaired) electrons. The predicted octanol–water partition coefficient (Wildman–Crippen LogP) is 2.33. The van der Waals surface area contributed by atoms with Crippen LogP contribution in [0, 0.1) is 5.82 Å². The maximum Gasteiger partial charge on any atom is 0.144 e. The van der Waals surface area contributed by atoms with Crippen LogP contribution in [0.4, 0.5) is 10.2 Å². The maximum absolute atomic E-state index is 13.8. The summed E-state index contributed by atoms with van der Waals surface area (Å²) in [6, 6.07) is 4.63. The molecular weight excluding hydrogens is 221 g/mol. The number of anilines is 1. The van der Waals surface area contributed by atoms with Gasteiger partial charge >= 0.3 is 0 Å². The Hall–Kier alpha value is -2.17. The van der Waals surface area contributed by atoms with E-state index < -0.39 is 0 Å². The average molecular weight is 233 g/mol.